The molecule has 0 saturated heterocycles. The summed E-state index contributed by atoms with van der Waals surface area (Å²) in [5.41, 5.74) is 5.45. The molecule has 0 aliphatic carbocycles. The maximum absolute atomic E-state index is 10.3. The van der Waals surface area contributed by atoms with E-state index in [1.54, 1.807) is 0 Å². The Bertz CT molecular complexity index is 441. The Labute approximate surface area is 88.9 Å². The molecule has 0 amide bonds. The number of nitrogens with one attached hydrogen (secondary N) is 1. The monoisotopic (exact) mass is 225 g/mol. The number of non-ortho nitro benzene ring substituents is 1. The fourth-order valence-electron chi connectivity index (χ4n) is 0.927. The molecule has 9 nitrogen and oxygen atoms in total. The number of rotatable bonds is 3. The second-order valence-corrected chi connectivity index (χ2v) is 2.65. The highest BCUT2D eigenvalue weighted by molar-refractivity contribution is 5.91. The van der Waals surface area contributed by atoms with E-state index < -0.39 is 15.9 Å². The Morgan fingerprint density at radius 3 is 2.25 bits per heavy atom. The van der Waals surface area contributed by atoms with Gasteiger partial charge in [0.2, 0.25) is 0 Å². The van der Waals surface area contributed by atoms with Crippen molar-refractivity contribution in [3.8, 4) is 0 Å². The molecular formula is C7H7N5O4. The van der Waals surface area contributed by atoms with Crippen LogP contribution in [0.3, 0.4) is 0 Å². The zero-order valence-electron chi connectivity index (χ0n) is 7.86. The fraction of sp³-hybridized carbons (Fsp3) is 0. The second kappa shape index (κ2) is 4.68. The molecule has 0 bridgehead atoms. The van der Waals surface area contributed by atoms with Crippen molar-refractivity contribution in [2.24, 2.45) is 10.8 Å². The molecule has 0 fully saturated rings. The predicted octanol–water partition coefficient (Wildman–Crippen LogP) is 0.513. The summed E-state index contributed by atoms with van der Waals surface area (Å²) in [4.78, 5) is 19.7. The molecule has 84 valence electrons. The maximum atomic E-state index is 10.3. The number of nitrogens with zero attached hydrogens (tertiary/aromatic N) is 3. The third-order valence-electron chi connectivity index (χ3n) is 1.54. The zero-order valence-corrected chi connectivity index (χ0v) is 7.86. The summed E-state index contributed by atoms with van der Waals surface area (Å²) < 4.78 is 0. The summed E-state index contributed by atoms with van der Waals surface area (Å²) in [7, 11) is 0. The van der Waals surface area contributed by atoms with Crippen LogP contribution in [0.2, 0.25) is 0 Å². The van der Waals surface area contributed by atoms with Gasteiger partial charge in [-0.25, -0.2) is 10.1 Å². The number of guanidine groups is 1. The van der Waals surface area contributed by atoms with Crippen LogP contribution in [-0.2, 0) is 0 Å². The van der Waals surface area contributed by atoms with Crippen LogP contribution in [0.4, 0.5) is 11.4 Å². The third kappa shape index (κ3) is 3.21. The van der Waals surface area contributed by atoms with E-state index in [0.717, 1.165) is 0 Å². The average Bonchev–Trinajstić information content (AvgIpc) is 2.16. The van der Waals surface area contributed by atoms with Gasteiger partial charge in [0.25, 0.3) is 11.6 Å². The second-order valence-electron chi connectivity index (χ2n) is 2.65. The van der Waals surface area contributed by atoms with E-state index in [9.17, 15) is 20.2 Å². The van der Waals surface area contributed by atoms with Crippen molar-refractivity contribution in [3.05, 3.63) is 44.5 Å². The van der Waals surface area contributed by atoms with Gasteiger partial charge < -0.3 is 11.1 Å². The van der Waals surface area contributed by atoms with Crippen LogP contribution in [-0.4, -0.2) is 15.9 Å². The number of nitro groups is 2. The van der Waals surface area contributed by atoms with Crippen molar-refractivity contribution in [1.82, 2.24) is 0 Å². The van der Waals surface area contributed by atoms with Gasteiger partial charge in [0.1, 0.15) is 5.10 Å². The number of hydrogen-bond acceptors (Lipinski definition) is 4. The summed E-state index contributed by atoms with van der Waals surface area (Å²) in [5.74, 6) is -0.404. The molecule has 0 heterocycles. The topological polar surface area (TPSA) is 137 Å². The van der Waals surface area contributed by atoms with E-state index in [0.29, 0.717) is 5.69 Å². The molecule has 1 aromatic carbocycles. The van der Waals surface area contributed by atoms with Gasteiger partial charge in [-0.3, -0.25) is 10.1 Å². The number of hydrazone groups is 1. The molecule has 0 saturated carbocycles. The van der Waals surface area contributed by atoms with Crippen LogP contribution in [0.15, 0.2) is 29.4 Å². The van der Waals surface area contributed by atoms with Crippen LogP contribution in [0.5, 0.6) is 0 Å². The van der Waals surface area contributed by atoms with Crippen molar-refractivity contribution in [1.29, 1.82) is 0 Å². The van der Waals surface area contributed by atoms with Gasteiger partial charge in [-0.15, -0.1) is 0 Å². The number of benzene rings is 1. The van der Waals surface area contributed by atoms with Gasteiger partial charge >= 0.3 is 0 Å². The lowest BCUT2D eigenvalue weighted by atomic mass is 10.3. The van der Waals surface area contributed by atoms with Crippen LogP contribution in [0, 0.1) is 20.2 Å². The molecule has 0 aliphatic rings. The van der Waals surface area contributed by atoms with Crippen molar-refractivity contribution in [2.75, 3.05) is 5.32 Å². The lowest BCUT2D eigenvalue weighted by Crippen LogP contribution is -2.23. The van der Waals surface area contributed by atoms with Crippen LogP contribution < -0.4 is 11.1 Å². The third-order valence-corrected chi connectivity index (χ3v) is 1.54. The summed E-state index contributed by atoms with van der Waals surface area (Å²) in [5, 5.41) is 24.5. The summed E-state index contributed by atoms with van der Waals surface area (Å²) in [6, 6.07) is 5.20. The smallest absolute Gasteiger partial charge is 0.270 e. The molecule has 0 aromatic heterocycles. The van der Waals surface area contributed by atoms with Crippen LogP contribution in [0.25, 0.3) is 0 Å². The minimum atomic E-state index is -0.951. The SMILES string of the molecule is NC(=N[N+](=O)[O-])Nc1ccc([N+](=O)[O-])cc1. The van der Waals surface area contributed by atoms with E-state index in [1.807, 2.05) is 0 Å². The average molecular weight is 225 g/mol. The number of anilines is 1. The summed E-state index contributed by atoms with van der Waals surface area (Å²) >= 11 is 0. The standard InChI is InChI=1S/C7H7N5O4/c8-7(10-12(15)16)9-5-1-3-6(4-2-5)11(13)14/h1-4H,(H3,8,9,10). The Kier molecular flexibility index (Phi) is 3.33. The van der Waals surface area contributed by atoms with Crippen molar-refractivity contribution < 1.29 is 9.96 Å². The Balaban J connectivity index is 2.76. The van der Waals surface area contributed by atoms with Crippen LogP contribution >= 0.6 is 0 Å². The molecule has 0 spiro atoms. The first-order chi connectivity index (χ1) is 7.49. The Morgan fingerprint density at radius 2 is 1.81 bits per heavy atom. The van der Waals surface area contributed by atoms with Crippen LogP contribution in [0.1, 0.15) is 0 Å². The van der Waals surface area contributed by atoms with E-state index in [2.05, 4.69) is 10.4 Å². The Hall–Kier alpha value is -2.71. The van der Waals surface area contributed by atoms with Gasteiger partial charge in [0.05, 0.1) is 4.92 Å². The molecule has 1 rings (SSSR count). The first-order valence-electron chi connectivity index (χ1n) is 3.99. The summed E-state index contributed by atoms with van der Waals surface area (Å²) in [6.07, 6.45) is 0. The highest BCUT2D eigenvalue weighted by Gasteiger charge is 2.05. The molecule has 0 unspecified atom stereocenters. The molecule has 3 N–H and O–H groups in total. The van der Waals surface area contributed by atoms with Gasteiger partial charge in [-0.2, -0.15) is 0 Å². The quantitative estimate of drug-likeness (QED) is 0.333. The Morgan fingerprint density at radius 1 is 1.25 bits per heavy atom. The van der Waals surface area contributed by atoms with Gasteiger partial charge in [-0.05, 0) is 12.1 Å². The minimum absolute atomic E-state index is 0.0877. The van der Waals surface area contributed by atoms with E-state index >= 15 is 0 Å². The fourth-order valence-corrected chi connectivity index (χ4v) is 0.927. The van der Waals surface area contributed by atoms with Gasteiger partial charge in [0, 0.05) is 17.8 Å². The molecule has 0 atom stereocenters. The molecule has 0 aliphatic heterocycles. The van der Waals surface area contributed by atoms with Crippen molar-refractivity contribution >= 4 is 17.3 Å². The molecule has 16 heavy (non-hydrogen) atoms. The van der Waals surface area contributed by atoms with E-state index in [4.69, 9.17) is 5.73 Å². The molecule has 9 heteroatoms. The lowest BCUT2D eigenvalue weighted by molar-refractivity contribution is -0.485. The maximum Gasteiger partial charge on any atom is 0.270 e. The number of hydrogen-bond donors (Lipinski definition) is 2. The number of nitro benzene ring substituents is 1. The predicted molar refractivity (Wildman–Crippen MR) is 55.3 cm³/mol. The zero-order chi connectivity index (χ0) is 12.1. The van der Waals surface area contributed by atoms with Crippen molar-refractivity contribution in [3.63, 3.8) is 0 Å². The largest absolute Gasteiger partial charge is 0.364 e. The van der Waals surface area contributed by atoms with Gasteiger partial charge in [-0.1, -0.05) is 0 Å². The normalized spacial score (nSPS) is 10.9. The minimum Gasteiger partial charge on any atom is -0.364 e. The molecule has 1 aromatic rings. The first-order valence-corrected chi connectivity index (χ1v) is 3.99. The van der Waals surface area contributed by atoms with Crippen molar-refractivity contribution in [2.45, 2.75) is 0 Å². The number of nitrogens with two attached hydrogens (primary N) is 1. The molecular weight excluding hydrogens is 218 g/mol. The first kappa shape index (κ1) is 11.4. The molecule has 0 radical (unpaired) electrons. The van der Waals surface area contributed by atoms with E-state index in [1.165, 1.54) is 24.3 Å². The highest BCUT2D eigenvalue weighted by Crippen LogP contribution is 2.14. The van der Waals surface area contributed by atoms with E-state index in [-0.39, 0.29) is 5.69 Å². The summed E-state index contributed by atoms with van der Waals surface area (Å²) in [6.45, 7) is 0. The lowest BCUT2D eigenvalue weighted by Gasteiger charge is -2.01. The van der Waals surface area contributed by atoms with Gasteiger partial charge in [0.15, 0.2) is 5.03 Å². The highest BCUT2D eigenvalue weighted by atomic mass is 16.7.